The first-order valence-electron chi connectivity index (χ1n) is 13.6. The van der Waals surface area contributed by atoms with Crippen LogP contribution in [0.1, 0.15) is 24.5 Å². The molecule has 1 aliphatic heterocycles. The van der Waals surface area contributed by atoms with Gasteiger partial charge in [0.25, 0.3) is 0 Å². The third-order valence-electron chi connectivity index (χ3n) is 6.81. The summed E-state index contributed by atoms with van der Waals surface area (Å²) < 4.78 is 30.2. The van der Waals surface area contributed by atoms with Crippen molar-refractivity contribution >= 4 is 28.1 Å². The molecule has 1 N–H and O–H groups in total. The molecule has 1 aliphatic rings. The Hall–Kier alpha value is -4.28. The SMILES string of the molecule is COc1cc2ncnc(Nc3ccc(C(C)=NOCc4ccc(F)cc4)cc3)c2cc1OCCCN1CCOCC1. The predicted octanol–water partition coefficient (Wildman–Crippen LogP) is 5.56. The lowest BCUT2D eigenvalue weighted by Crippen LogP contribution is -2.37. The molecule has 1 fully saturated rings. The molecule has 1 aromatic heterocycles. The van der Waals surface area contributed by atoms with E-state index in [2.05, 4.69) is 25.3 Å². The number of fused-ring (bicyclic) bond motifs is 1. The molecule has 214 valence electrons. The number of oxime groups is 1. The Morgan fingerprint density at radius 3 is 2.56 bits per heavy atom. The Morgan fingerprint density at radius 2 is 1.80 bits per heavy atom. The third kappa shape index (κ3) is 7.68. The minimum Gasteiger partial charge on any atom is -0.493 e. The first-order chi connectivity index (χ1) is 20.1. The lowest BCUT2D eigenvalue weighted by atomic mass is 10.1. The van der Waals surface area contributed by atoms with Gasteiger partial charge in [-0.25, -0.2) is 14.4 Å². The van der Waals surface area contributed by atoms with E-state index in [1.807, 2.05) is 43.3 Å². The summed E-state index contributed by atoms with van der Waals surface area (Å²) in [5.74, 6) is 1.68. The number of hydrogen-bond acceptors (Lipinski definition) is 9. The van der Waals surface area contributed by atoms with Gasteiger partial charge in [0, 0.05) is 36.8 Å². The molecule has 0 spiro atoms. The molecule has 41 heavy (non-hydrogen) atoms. The van der Waals surface area contributed by atoms with Gasteiger partial charge in [0.2, 0.25) is 0 Å². The largest absolute Gasteiger partial charge is 0.493 e. The molecule has 0 unspecified atom stereocenters. The van der Waals surface area contributed by atoms with Gasteiger partial charge < -0.3 is 24.4 Å². The molecule has 0 amide bonds. The smallest absolute Gasteiger partial charge is 0.162 e. The molecule has 1 saturated heterocycles. The van der Waals surface area contributed by atoms with E-state index in [4.69, 9.17) is 19.0 Å². The normalized spacial score (nSPS) is 14.2. The van der Waals surface area contributed by atoms with Crippen LogP contribution in [0.2, 0.25) is 0 Å². The highest BCUT2D eigenvalue weighted by atomic mass is 19.1. The first kappa shape index (κ1) is 28.3. The maximum Gasteiger partial charge on any atom is 0.162 e. The summed E-state index contributed by atoms with van der Waals surface area (Å²) >= 11 is 0. The highest BCUT2D eigenvalue weighted by Crippen LogP contribution is 2.35. The number of nitrogens with one attached hydrogen (secondary N) is 1. The van der Waals surface area contributed by atoms with Crippen LogP contribution in [0.25, 0.3) is 10.9 Å². The van der Waals surface area contributed by atoms with Crippen LogP contribution < -0.4 is 14.8 Å². The van der Waals surface area contributed by atoms with E-state index >= 15 is 0 Å². The molecule has 0 radical (unpaired) electrons. The molecular formula is C31H34FN5O4. The molecule has 0 saturated carbocycles. The number of ether oxygens (including phenoxy) is 3. The van der Waals surface area contributed by atoms with Crippen LogP contribution in [0.4, 0.5) is 15.9 Å². The van der Waals surface area contributed by atoms with Crippen LogP contribution in [-0.4, -0.2) is 67.1 Å². The summed E-state index contributed by atoms with van der Waals surface area (Å²) in [6.45, 7) is 7.19. The number of benzene rings is 3. The lowest BCUT2D eigenvalue weighted by Gasteiger charge is -2.26. The van der Waals surface area contributed by atoms with Crippen molar-refractivity contribution in [3.8, 4) is 11.5 Å². The Balaban J connectivity index is 1.23. The molecule has 0 aliphatic carbocycles. The molecule has 9 nitrogen and oxygen atoms in total. The number of rotatable bonds is 12. The second-order valence-corrected chi connectivity index (χ2v) is 9.68. The van der Waals surface area contributed by atoms with Gasteiger partial charge in [0.05, 0.1) is 38.2 Å². The van der Waals surface area contributed by atoms with Gasteiger partial charge in [-0.15, -0.1) is 0 Å². The zero-order valence-electron chi connectivity index (χ0n) is 23.3. The van der Waals surface area contributed by atoms with Gasteiger partial charge in [-0.1, -0.05) is 29.4 Å². The maximum atomic E-state index is 13.1. The van der Waals surface area contributed by atoms with Crippen LogP contribution in [0, 0.1) is 5.82 Å². The quantitative estimate of drug-likeness (QED) is 0.137. The summed E-state index contributed by atoms with van der Waals surface area (Å²) in [7, 11) is 1.63. The minimum atomic E-state index is -0.277. The van der Waals surface area contributed by atoms with E-state index in [0.717, 1.165) is 72.7 Å². The summed E-state index contributed by atoms with van der Waals surface area (Å²) in [6, 6.07) is 17.8. The van der Waals surface area contributed by atoms with E-state index in [9.17, 15) is 4.39 Å². The Kier molecular flexibility index (Phi) is 9.56. The van der Waals surface area contributed by atoms with Crippen molar-refractivity contribution < 1.29 is 23.4 Å². The molecule has 0 atom stereocenters. The molecule has 5 rings (SSSR count). The first-order valence-corrected chi connectivity index (χ1v) is 13.6. The molecule has 10 heteroatoms. The number of anilines is 2. The van der Waals surface area contributed by atoms with Crippen LogP contribution >= 0.6 is 0 Å². The average Bonchev–Trinajstić information content (AvgIpc) is 3.01. The monoisotopic (exact) mass is 559 g/mol. The number of morpholine rings is 1. The highest BCUT2D eigenvalue weighted by Gasteiger charge is 2.14. The van der Waals surface area contributed by atoms with E-state index < -0.39 is 0 Å². The summed E-state index contributed by atoms with van der Waals surface area (Å²) in [5, 5.41) is 8.41. The van der Waals surface area contributed by atoms with Crippen molar-refractivity contribution in [2.24, 2.45) is 5.16 Å². The Morgan fingerprint density at radius 1 is 1.02 bits per heavy atom. The predicted molar refractivity (Wildman–Crippen MR) is 157 cm³/mol. The molecule has 0 bridgehead atoms. The van der Waals surface area contributed by atoms with E-state index in [-0.39, 0.29) is 12.4 Å². The number of nitrogens with zero attached hydrogens (tertiary/aromatic N) is 4. The van der Waals surface area contributed by atoms with E-state index in [1.54, 1.807) is 19.2 Å². The third-order valence-corrected chi connectivity index (χ3v) is 6.81. The summed E-state index contributed by atoms with van der Waals surface area (Å²) in [6.07, 6.45) is 2.43. The fourth-order valence-corrected chi connectivity index (χ4v) is 4.50. The number of halogens is 1. The van der Waals surface area contributed by atoms with Gasteiger partial charge in [0.1, 0.15) is 24.6 Å². The number of hydrogen-bond donors (Lipinski definition) is 1. The van der Waals surface area contributed by atoms with Crippen molar-refractivity contribution in [2.45, 2.75) is 20.0 Å². The summed E-state index contributed by atoms with van der Waals surface area (Å²) in [5.41, 5.74) is 4.10. The molecule has 2 heterocycles. The zero-order valence-corrected chi connectivity index (χ0v) is 23.3. The van der Waals surface area contributed by atoms with Gasteiger partial charge in [-0.3, -0.25) is 4.90 Å². The number of aromatic nitrogens is 2. The standard InChI is InChI=1S/C31H34FN5O4/c1-22(36-41-20-23-4-8-25(32)9-5-23)24-6-10-26(11-7-24)35-31-27-18-30(29(38-2)19-28(27)33-21-34-31)40-15-3-12-37-13-16-39-17-14-37/h4-11,18-19,21H,3,12-17,20H2,1-2H3,(H,33,34,35). The minimum absolute atomic E-state index is 0.266. The van der Waals surface area contributed by atoms with Crippen LogP contribution in [0.3, 0.4) is 0 Å². The fraction of sp³-hybridized carbons (Fsp3) is 0.323. The van der Waals surface area contributed by atoms with Gasteiger partial charge >= 0.3 is 0 Å². The summed E-state index contributed by atoms with van der Waals surface area (Å²) in [4.78, 5) is 16.8. The second kappa shape index (κ2) is 13.9. The van der Waals surface area contributed by atoms with Crippen molar-refractivity contribution in [2.75, 3.05) is 51.9 Å². The Bertz CT molecular complexity index is 1460. The van der Waals surface area contributed by atoms with Crippen molar-refractivity contribution in [3.05, 3.63) is 83.9 Å². The molecule has 3 aromatic carbocycles. The lowest BCUT2D eigenvalue weighted by molar-refractivity contribution is 0.0357. The van der Waals surface area contributed by atoms with Crippen LogP contribution in [0.15, 0.2) is 72.1 Å². The van der Waals surface area contributed by atoms with Crippen molar-refractivity contribution in [1.29, 1.82) is 0 Å². The van der Waals surface area contributed by atoms with Gasteiger partial charge in [-0.05, 0) is 54.8 Å². The zero-order chi connectivity index (χ0) is 28.4. The van der Waals surface area contributed by atoms with E-state index in [0.29, 0.717) is 23.9 Å². The van der Waals surface area contributed by atoms with E-state index in [1.165, 1.54) is 18.5 Å². The average molecular weight is 560 g/mol. The van der Waals surface area contributed by atoms with Gasteiger partial charge in [0.15, 0.2) is 11.5 Å². The topological polar surface area (TPSA) is 90.3 Å². The Labute approximate surface area is 238 Å². The highest BCUT2D eigenvalue weighted by molar-refractivity contribution is 5.99. The van der Waals surface area contributed by atoms with Gasteiger partial charge in [-0.2, -0.15) is 0 Å². The maximum absolute atomic E-state index is 13.1. The molecule has 4 aromatic rings. The van der Waals surface area contributed by atoms with Crippen LogP contribution in [0.5, 0.6) is 11.5 Å². The second-order valence-electron chi connectivity index (χ2n) is 9.68. The number of methoxy groups -OCH3 is 1. The molecular weight excluding hydrogens is 525 g/mol. The van der Waals surface area contributed by atoms with Crippen molar-refractivity contribution in [1.82, 2.24) is 14.9 Å². The van der Waals surface area contributed by atoms with Crippen molar-refractivity contribution in [3.63, 3.8) is 0 Å². The van der Waals surface area contributed by atoms with Crippen LogP contribution in [-0.2, 0) is 16.2 Å². The fourth-order valence-electron chi connectivity index (χ4n) is 4.50.